The number of nitrogens with zero attached hydrogens (tertiary/aromatic N) is 2. The van der Waals surface area contributed by atoms with E-state index in [-0.39, 0.29) is 6.42 Å². The van der Waals surface area contributed by atoms with Crippen LogP contribution in [0.1, 0.15) is 51.2 Å². The lowest BCUT2D eigenvalue weighted by Crippen LogP contribution is -2.18. The largest absolute Gasteiger partial charge is 0.351 e. The number of fused-ring (bicyclic) bond motifs is 1. The van der Waals surface area contributed by atoms with Crippen molar-refractivity contribution in [2.45, 2.75) is 46.5 Å². The van der Waals surface area contributed by atoms with E-state index in [0.29, 0.717) is 5.92 Å². The van der Waals surface area contributed by atoms with Crippen molar-refractivity contribution >= 4 is 16.9 Å². The monoisotopic (exact) mass is 285 g/mol. The van der Waals surface area contributed by atoms with Gasteiger partial charge >= 0.3 is 6.03 Å². The van der Waals surface area contributed by atoms with Crippen molar-refractivity contribution in [2.75, 3.05) is 0 Å². The van der Waals surface area contributed by atoms with Crippen molar-refractivity contribution in [1.82, 2.24) is 4.57 Å². The Balaban J connectivity index is 0.00000106. The first-order valence-electron chi connectivity index (χ1n) is 7.39. The smallest absolute Gasteiger partial charge is 0.323 e. The molecule has 0 spiro atoms. The molecule has 0 radical (unpaired) electrons. The molecule has 0 aliphatic carbocycles. The van der Waals surface area contributed by atoms with Crippen molar-refractivity contribution in [2.24, 2.45) is 5.73 Å². The number of rotatable bonds is 3. The normalized spacial score (nSPS) is 11.4. The third-order valence-electron chi connectivity index (χ3n) is 3.59. The molecule has 0 aliphatic heterocycles. The van der Waals surface area contributed by atoms with E-state index < -0.39 is 6.03 Å². The molecule has 1 amide bonds. The van der Waals surface area contributed by atoms with E-state index in [9.17, 15) is 4.79 Å². The number of primary amides is 1. The van der Waals surface area contributed by atoms with E-state index in [1.165, 1.54) is 10.1 Å². The highest BCUT2D eigenvalue weighted by Gasteiger charge is 2.16. The van der Waals surface area contributed by atoms with E-state index in [0.717, 1.165) is 22.9 Å². The SMILES string of the molecule is CC.CCC(C)c1cccc2c1c(CC#N)cn2C(N)=O. The minimum absolute atomic E-state index is 0.282. The fourth-order valence-corrected chi connectivity index (χ4v) is 2.43. The quantitative estimate of drug-likeness (QED) is 0.919. The standard InChI is InChI=1S/C15H17N3O.C2H6/c1-3-10(2)12-5-4-6-13-14(12)11(7-8-16)9-18(13)15(17)19;1-2/h4-6,9-10H,3,7H2,1-2H3,(H2,17,19);1-2H3. The third-order valence-corrected chi connectivity index (χ3v) is 3.59. The maximum atomic E-state index is 11.5. The highest BCUT2D eigenvalue weighted by Crippen LogP contribution is 2.31. The zero-order chi connectivity index (χ0) is 16.0. The molecule has 1 heterocycles. The Hall–Kier alpha value is -2.28. The molecule has 1 aromatic carbocycles. The summed E-state index contributed by atoms with van der Waals surface area (Å²) in [6.07, 6.45) is 2.97. The molecular weight excluding hydrogens is 262 g/mol. The van der Waals surface area contributed by atoms with Gasteiger partial charge in [0.25, 0.3) is 0 Å². The molecule has 1 unspecified atom stereocenters. The highest BCUT2D eigenvalue weighted by molar-refractivity contribution is 5.95. The number of nitriles is 1. The molecule has 112 valence electrons. The number of benzene rings is 1. The number of hydrogen-bond donors (Lipinski definition) is 1. The molecule has 4 nitrogen and oxygen atoms in total. The third kappa shape index (κ3) is 3.25. The fourth-order valence-electron chi connectivity index (χ4n) is 2.43. The van der Waals surface area contributed by atoms with Crippen molar-refractivity contribution in [3.8, 4) is 6.07 Å². The maximum absolute atomic E-state index is 11.5. The lowest BCUT2D eigenvalue weighted by molar-refractivity contribution is 0.251. The summed E-state index contributed by atoms with van der Waals surface area (Å²) in [6.45, 7) is 8.27. The van der Waals surface area contributed by atoms with Gasteiger partial charge in [0.05, 0.1) is 18.0 Å². The molecule has 4 heteroatoms. The lowest BCUT2D eigenvalue weighted by atomic mass is 9.93. The van der Waals surface area contributed by atoms with Gasteiger partial charge in [-0.3, -0.25) is 4.57 Å². The molecule has 0 bridgehead atoms. The van der Waals surface area contributed by atoms with Gasteiger partial charge in [-0.2, -0.15) is 5.26 Å². The predicted octanol–water partition coefficient (Wildman–Crippen LogP) is 4.17. The van der Waals surface area contributed by atoms with Gasteiger partial charge in [-0.05, 0) is 29.5 Å². The van der Waals surface area contributed by atoms with Gasteiger partial charge in [0.15, 0.2) is 0 Å². The van der Waals surface area contributed by atoms with Gasteiger partial charge < -0.3 is 5.73 Å². The Kier molecular flexibility index (Phi) is 5.98. The van der Waals surface area contributed by atoms with E-state index in [1.807, 2.05) is 26.0 Å². The summed E-state index contributed by atoms with van der Waals surface area (Å²) in [5.41, 5.74) is 8.22. The number of amides is 1. The summed E-state index contributed by atoms with van der Waals surface area (Å²) in [5.74, 6) is 0.380. The Morgan fingerprint density at radius 1 is 1.43 bits per heavy atom. The maximum Gasteiger partial charge on any atom is 0.323 e. The van der Waals surface area contributed by atoms with Crippen LogP contribution in [-0.4, -0.2) is 10.6 Å². The van der Waals surface area contributed by atoms with Gasteiger partial charge in [-0.25, -0.2) is 4.79 Å². The number of carbonyl (C=O) groups excluding carboxylic acids is 1. The molecule has 1 aromatic heterocycles. The fraction of sp³-hybridized carbons (Fsp3) is 0.412. The second-order valence-electron chi connectivity index (χ2n) is 4.75. The van der Waals surface area contributed by atoms with Gasteiger partial charge in [-0.15, -0.1) is 0 Å². The molecule has 1 atom stereocenters. The van der Waals surface area contributed by atoms with Crippen LogP contribution in [0.4, 0.5) is 4.79 Å². The van der Waals surface area contributed by atoms with Crippen LogP contribution in [0.15, 0.2) is 24.4 Å². The van der Waals surface area contributed by atoms with Crippen molar-refractivity contribution < 1.29 is 4.79 Å². The number of aromatic nitrogens is 1. The van der Waals surface area contributed by atoms with Crippen LogP contribution in [0.25, 0.3) is 10.9 Å². The Labute approximate surface area is 126 Å². The van der Waals surface area contributed by atoms with Crippen LogP contribution in [0, 0.1) is 11.3 Å². The second-order valence-corrected chi connectivity index (χ2v) is 4.75. The summed E-state index contributed by atoms with van der Waals surface area (Å²) in [4.78, 5) is 11.5. The van der Waals surface area contributed by atoms with Gasteiger partial charge in [0.2, 0.25) is 0 Å². The molecule has 0 aliphatic rings. The van der Waals surface area contributed by atoms with E-state index in [4.69, 9.17) is 11.0 Å². The molecule has 0 saturated carbocycles. The van der Waals surface area contributed by atoms with E-state index in [2.05, 4.69) is 26.0 Å². The van der Waals surface area contributed by atoms with Crippen molar-refractivity contribution in [3.63, 3.8) is 0 Å². The first kappa shape index (κ1) is 16.8. The predicted molar refractivity (Wildman–Crippen MR) is 86.3 cm³/mol. The average Bonchev–Trinajstić information content (AvgIpc) is 2.88. The van der Waals surface area contributed by atoms with Crippen molar-refractivity contribution in [1.29, 1.82) is 5.26 Å². The van der Waals surface area contributed by atoms with Gasteiger partial charge in [0.1, 0.15) is 0 Å². The van der Waals surface area contributed by atoms with Crippen LogP contribution in [0.5, 0.6) is 0 Å². The summed E-state index contributed by atoms with van der Waals surface area (Å²) in [5, 5.41) is 9.94. The summed E-state index contributed by atoms with van der Waals surface area (Å²) < 4.78 is 1.42. The molecule has 0 saturated heterocycles. The highest BCUT2D eigenvalue weighted by atomic mass is 16.2. The minimum atomic E-state index is -0.518. The second kappa shape index (κ2) is 7.49. The number of hydrogen-bond acceptors (Lipinski definition) is 2. The molecular formula is C17H23N3O. The van der Waals surface area contributed by atoms with Crippen LogP contribution in [-0.2, 0) is 6.42 Å². The van der Waals surface area contributed by atoms with Crippen LogP contribution in [0.3, 0.4) is 0 Å². The first-order chi connectivity index (χ1) is 10.1. The topological polar surface area (TPSA) is 71.8 Å². The van der Waals surface area contributed by atoms with E-state index >= 15 is 0 Å². The van der Waals surface area contributed by atoms with Crippen LogP contribution >= 0.6 is 0 Å². The van der Waals surface area contributed by atoms with Crippen LogP contribution in [0.2, 0.25) is 0 Å². The molecule has 2 aromatic rings. The van der Waals surface area contributed by atoms with Gasteiger partial charge in [-0.1, -0.05) is 39.8 Å². The average molecular weight is 285 g/mol. The molecule has 2 N–H and O–H groups in total. The first-order valence-corrected chi connectivity index (χ1v) is 7.39. The minimum Gasteiger partial charge on any atom is -0.351 e. The zero-order valence-electron chi connectivity index (χ0n) is 13.2. The lowest BCUT2D eigenvalue weighted by Gasteiger charge is -2.11. The summed E-state index contributed by atoms with van der Waals surface area (Å²) >= 11 is 0. The Bertz CT molecular complexity index is 664. The summed E-state index contributed by atoms with van der Waals surface area (Å²) in [6, 6.07) is 7.49. The number of nitrogens with two attached hydrogens (primary N) is 1. The molecule has 21 heavy (non-hydrogen) atoms. The zero-order valence-corrected chi connectivity index (χ0v) is 13.2. The van der Waals surface area contributed by atoms with Gasteiger partial charge in [0, 0.05) is 11.6 Å². The Morgan fingerprint density at radius 2 is 2.10 bits per heavy atom. The van der Waals surface area contributed by atoms with E-state index in [1.54, 1.807) is 6.20 Å². The van der Waals surface area contributed by atoms with Crippen LogP contribution < -0.4 is 5.73 Å². The number of carbonyl (C=O) groups is 1. The molecule has 2 rings (SSSR count). The Morgan fingerprint density at radius 3 is 2.62 bits per heavy atom. The van der Waals surface area contributed by atoms with Crippen molar-refractivity contribution in [3.05, 3.63) is 35.5 Å². The molecule has 0 fully saturated rings. The summed E-state index contributed by atoms with van der Waals surface area (Å²) in [7, 11) is 0.